The molecule has 5 rings (SSSR count). The highest BCUT2D eigenvalue weighted by molar-refractivity contribution is 7.21. The summed E-state index contributed by atoms with van der Waals surface area (Å²) in [5.74, 6) is -1.92. The standard InChI is InChI=1S/C36H38ClF2N3O6S/c1-36(2,3)48-35(45)41(4)23-8-10-24(11-9-23)42(33(43)32-30(37)29-25(38)12-13-26(39)31(29)49-32)19-22-17-20(7-14-28(22)46-5)21-15-16-40-27(18-21)34(44)47-6/h7,12-18,23-24H,8-11,19H2,1-6H3/t23-,24-. The molecule has 13 heteroatoms. The van der Waals surface area contributed by atoms with Gasteiger partial charge in [0.05, 0.1) is 29.3 Å². The van der Waals surface area contributed by atoms with Gasteiger partial charge in [-0.2, -0.15) is 0 Å². The maximum Gasteiger partial charge on any atom is 0.410 e. The molecule has 260 valence electrons. The number of methoxy groups -OCH3 is 2. The summed E-state index contributed by atoms with van der Waals surface area (Å²) in [7, 11) is 4.52. The lowest BCUT2D eigenvalue weighted by Crippen LogP contribution is -2.47. The van der Waals surface area contributed by atoms with Crippen LogP contribution in [-0.2, 0) is 16.0 Å². The van der Waals surface area contributed by atoms with Gasteiger partial charge in [0.2, 0.25) is 0 Å². The summed E-state index contributed by atoms with van der Waals surface area (Å²) >= 11 is 7.43. The van der Waals surface area contributed by atoms with E-state index in [1.165, 1.54) is 20.4 Å². The van der Waals surface area contributed by atoms with Gasteiger partial charge in [0, 0.05) is 37.4 Å². The first-order valence-corrected chi connectivity index (χ1v) is 17.0. The summed E-state index contributed by atoms with van der Waals surface area (Å²) < 4.78 is 45.7. The van der Waals surface area contributed by atoms with Gasteiger partial charge in [0.15, 0.2) is 0 Å². The Labute approximate surface area is 292 Å². The first-order chi connectivity index (χ1) is 23.2. The van der Waals surface area contributed by atoms with Gasteiger partial charge in [-0.15, -0.1) is 11.3 Å². The van der Waals surface area contributed by atoms with Crippen LogP contribution in [0.4, 0.5) is 13.6 Å². The van der Waals surface area contributed by atoms with E-state index >= 15 is 0 Å². The number of esters is 1. The zero-order chi connectivity index (χ0) is 35.6. The highest BCUT2D eigenvalue weighted by atomic mass is 35.5. The molecule has 2 heterocycles. The predicted octanol–water partition coefficient (Wildman–Crippen LogP) is 8.51. The molecular weight excluding hydrogens is 676 g/mol. The summed E-state index contributed by atoms with van der Waals surface area (Å²) in [6.07, 6.45) is 3.37. The van der Waals surface area contributed by atoms with Gasteiger partial charge < -0.3 is 24.0 Å². The summed E-state index contributed by atoms with van der Waals surface area (Å²) in [6.45, 7) is 5.52. The van der Waals surface area contributed by atoms with Gasteiger partial charge in [0.1, 0.15) is 33.6 Å². The Kier molecular flexibility index (Phi) is 10.8. The molecule has 2 aromatic carbocycles. The molecule has 1 aliphatic carbocycles. The van der Waals surface area contributed by atoms with Crippen LogP contribution in [0.5, 0.6) is 5.75 Å². The smallest absolute Gasteiger partial charge is 0.410 e. The Morgan fingerprint density at radius 1 is 0.959 bits per heavy atom. The fourth-order valence-electron chi connectivity index (χ4n) is 6.06. The topological polar surface area (TPSA) is 98.3 Å². The third kappa shape index (κ3) is 7.80. The van der Waals surface area contributed by atoms with Gasteiger partial charge in [0.25, 0.3) is 5.91 Å². The van der Waals surface area contributed by atoms with Crippen LogP contribution < -0.4 is 4.74 Å². The zero-order valence-electron chi connectivity index (χ0n) is 28.1. The highest BCUT2D eigenvalue weighted by Gasteiger charge is 2.35. The summed E-state index contributed by atoms with van der Waals surface area (Å²) in [5.41, 5.74) is 1.59. The number of halogens is 3. The Hall–Kier alpha value is -4.29. The van der Waals surface area contributed by atoms with Crippen LogP contribution in [0.2, 0.25) is 5.02 Å². The maximum absolute atomic E-state index is 14.8. The Morgan fingerprint density at radius 2 is 1.61 bits per heavy atom. The van der Waals surface area contributed by atoms with Crippen molar-refractivity contribution in [3.05, 3.63) is 81.5 Å². The van der Waals surface area contributed by atoms with Crippen LogP contribution in [0.25, 0.3) is 21.2 Å². The molecule has 2 aromatic heterocycles. The average molecular weight is 714 g/mol. The molecule has 0 atom stereocenters. The molecule has 0 radical (unpaired) electrons. The van der Waals surface area contributed by atoms with Crippen molar-refractivity contribution in [2.24, 2.45) is 0 Å². The Balaban J connectivity index is 1.51. The lowest BCUT2D eigenvalue weighted by Gasteiger charge is -2.40. The van der Waals surface area contributed by atoms with E-state index in [1.54, 1.807) is 35.0 Å². The molecule has 1 saturated carbocycles. The first kappa shape index (κ1) is 36.0. The van der Waals surface area contributed by atoms with Crippen LogP contribution in [0, 0.1) is 11.6 Å². The number of pyridine rings is 1. The Bertz CT molecular complexity index is 1890. The predicted molar refractivity (Wildman–Crippen MR) is 184 cm³/mol. The molecule has 0 aliphatic heterocycles. The molecule has 4 aromatic rings. The summed E-state index contributed by atoms with van der Waals surface area (Å²) in [4.78, 5) is 46.8. The molecule has 9 nitrogen and oxygen atoms in total. The quantitative estimate of drug-likeness (QED) is 0.169. The minimum atomic E-state index is -0.716. The highest BCUT2D eigenvalue weighted by Crippen LogP contribution is 2.41. The number of hydrogen-bond donors (Lipinski definition) is 0. The number of ether oxygens (including phenoxy) is 3. The van der Waals surface area contributed by atoms with Crippen LogP contribution >= 0.6 is 22.9 Å². The van der Waals surface area contributed by atoms with Gasteiger partial charge in [-0.05, 0) is 94.0 Å². The van der Waals surface area contributed by atoms with Crippen LogP contribution in [0.3, 0.4) is 0 Å². The lowest BCUT2D eigenvalue weighted by molar-refractivity contribution is 0.0144. The first-order valence-electron chi connectivity index (χ1n) is 15.8. The number of benzene rings is 2. The number of fused-ring (bicyclic) bond motifs is 1. The number of amides is 2. The number of carbonyl (C=O) groups is 3. The number of carbonyl (C=O) groups excluding carboxylic acids is 3. The van der Waals surface area contributed by atoms with Crippen molar-refractivity contribution < 1.29 is 37.4 Å². The second-order valence-electron chi connectivity index (χ2n) is 12.9. The SMILES string of the molecule is COC(=O)c1cc(-c2ccc(OC)c(CN(C(=O)c3sc4c(F)ccc(F)c4c3Cl)[C@H]3CC[C@H](N(C)C(=O)OC(C)(C)C)CC3)c2)ccn1. The minimum absolute atomic E-state index is 0.0284. The number of aromatic nitrogens is 1. The molecule has 1 aliphatic rings. The van der Waals surface area contributed by atoms with Crippen molar-refractivity contribution in [3.63, 3.8) is 0 Å². The van der Waals surface area contributed by atoms with E-state index in [0.29, 0.717) is 42.6 Å². The van der Waals surface area contributed by atoms with E-state index < -0.39 is 35.2 Å². The van der Waals surface area contributed by atoms with E-state index in [0.717, 1.165) is 29.0 Å². The van der Waals surface area contributed by atoms with E-state index in [2.05, 4.69) is 4.98 Å². The zero-order valence-corrected chi connectivity index (χ0v) is 29.7. The molecule has 49 heavy (non-hydrogen) atoms. The molecule has 2 amide bonds. The molecule has 1 fully saturated rings. The molecule has 0 N–H and O–H groups in total. The van der Waals surface area contributed by atoms with E-state index in [9.17, 15) is 23.2 Å². The number of hydrogen-bond acceptors (Lipinski definition) is 8. The van der Waals surface area contributed by atoms with E-state index in [1.807, 2.05) is 32.9 Å². The largest absolute Gasteiger partial charge is 0.496 e. The van der Waals surface area contributed by atoms with Crippen molar-refractivity contribution >= 4 is 51.0 Å². The van der Waals surface area contributed by atoms with Gasteiger partial charge in [-0.1, -0.05) is 17.7 Å². The molecule has 0 bridgehead atoms. The number of rotatable bonds is 8. The average Bonchev–Trinajstić information content (AvgIpc) is 3.45. The molecular formula is C36H38ClF2N3O6S. The van der Waals surface area contributed by atoms with Crippen molar-refractivity contribution in [2.45, 2.75) is 70.7 Å². The van der Waals surface area contributed by atoms with Gasteiger partial charge in [-0.3, -0.25) is 4.79 Å². The number of thiophene rings is 1. The van der Waals surface area contributed by atoms with Crippen molar-refractivity contribution in [3.8, 4) is 16.9 Å². The normalized spacial score (nSPS) is 16.3. The fourth-order valence-corrected chi connectivity index (χ4v) is 7.57. The van der Waals surface area contributed by atoms with Crippen molar-refractivity contribution in [1.82, 2.24) is 14.8 Å². The maximum atomic E-state index is 14.8. The van der Waals surface area contributed by atoms with Crippen molar-refractivity contribution in [2.75, 3.05) is 21.3 Å². The second-order valence-corrected chi connectivity index (χ2v) is 14.3. The fraction of sp³-hybridized carbons (Fsp3) is 0.389. The third-order valence-electron chi connectivity index (χ3n) is 8.58. The molecule has 0 saturated heterocycles. The van der Waals surface area contributed by atoms with E-state index in [4.69, 9.17) is 25.8 Å². The van der Waals surface area contributed by atoms with Crippen LogP contribution in [0.15, 0.2) is 48.7 Å². The molecule has 0 spiro atoms. The van der Waals surface area contributed by atoms with Gasteiger partial charge in [-0.25, -0.2) is 23.4 Å². The van der Waals surface area contributed by atoms with Gasteiger partial charge >= 0.3 is 12.1 Å². The van der Waals surface area contributed by atoms with Crippen LogP contribution in [0.1, 0.15) is 72.2 Å². The Morgan fingerprint density at radius 3 is 2.24 bits per heavy atom. The lowest BCUT2D eigenvalue weighted by atomic mass is 9.89. The second kappa shape index (κ2) is 14.7. The molecule has 0 unspecified atom stereocenters. The van der Waals surface area contributed by atoms with Crippen molar-refractivity contribution in [1.29, 1.82) is 0 Å². The monoisotopic (exact) mass is 713 g/mol. The van der Waals surface area contributed by atoms with Crippen LogP contribution in [-0.4, -0.2) is 71.7 Å². The number of nitrogens with zero attached hydrogens (tertiary/aromatic N) is 3. The third-order valence-corrected chi connectivity index (χ3v) is 10.3. The summed E-state index contributed by atoms with van der Waals surface area (Å²) in [6, 6.07) is 10.4. The minimum Gasteiger partial charge on any atom is -0.496 e. The summed E-state index contributed by atoms with van der Waals surface area (Å²) in [5, 5.41) is -0.269. The van der Waals surface area contributed by atoms with E-state index in [-0.39, 0.29) is 44.3 Å².